The number of aromatic amines is 1. The molecule has 32 heavy (non-hydrogen) atoms. The molecule has 0 radical (unpaired) electrons. The number of nitrogens with two attached hydrogens (primary N) is 1. The topological polar surface area (TPSA) is 215 Å². The molecular formula is C16H24N6O8P2. The van der Waals surface area contributed by atoms with Crippen LogP contribution < -0.4 is 16.6 Å². The van der Waals surface area contributed by atoms with Gasteiger partial charge in [0.15, 0.2) is 17.4 Å². The fourth-order valence-electron chi connectivity index (χ4n) is 3.05. The fourth-order valence-corrected chi connectivity index (χ4v) is 6.05. The number of nitrogens with one attached hydrogen (secondary N) is 2. The van der Waals surface area contributed by atoms with Crippen molar-refractivity contribution in [3.63, 3.8) is 0 Å². The Bertz CT molecular complexity index is 1090. The number of imidazole rings is 1. The Kier molecular flexibility index (Phi) is 7.78. The molecule has 6 atom stereocenters. The number of hydrogen-bond donors (Lipinski definition) is 6. The van der Waals surface area contributed by atoms with Crippen molar-refractivity contribution in [3.8, 4) is 0 Å². The summed E-state index contributed by atoms with van der Waals surface area (Å²) in [6, 6.07) is 0. The molecule has 0 aromatic carbocycles. The van der Waals surface area contributed by atoms with E-state index in [1.807, 2.05) is 0 Å². The van der Waals surface area contributed by atoms with Crippen LogP contribution in [0.3, 0.4) is 0 Å². The summed E-state index contributed by atoms with van der Waals surface area (Å²) in [7, 11) is -4.58. The van der Waals surface area contributed by atoms with Crippen LogP contribution in [0.4, 0.5) is 5.95 Å². The van der Waals surface area contributed by atoms with Gasteiger partial charge in [-0.15, -0.1) is 0 Å². The maximum absolute atomic E-state index is 12.2. The van der Waals surface area contributed by atoms with E-state index in [0.29, 0.717) is 6.42 Å². The first-order valence-electron chi connectivity index (χ1n) is 9.49. The summed E-state index contributed by atoms with van der Waals surface area (Å²) >= 11 is 0. The monoisotopic (exact) mass is 490 g/mol. The average Bonchev–Trinajstić information content (AvgIpc) is 3.27. The second-order valence-electron chi connectivity index (χ2n) is 6.89. The first kappa shape index (κ1) is 24.5. The van der Waals surface area contributed by atoms with Crippen molar-refractivity contribution < 1.29 is 33.7 Å². The van der Waals surface area contributed by atoms with E-state index in [0.717, 1.165) is 6.08 Å². The number of ether oxygens (including phenoxy) is 1. The number of fused-ring (bicyclic) bond motifs is 1. The summed E-state index contributed by atoms with van der Waals surface area (Å²) < 4.78 is 24.2. The van der Waals surface area contributed by atoms with E-state index in [-0.39, 0.29) is 42.3 Å². The number of aliphatic hydroxyl groups is 2. The largest absolute Gasteiger partial charge is 0.388 e. The summed E-state index contributed by atoms with van der Waals surface area (Å²) in [5.74, 6) is -0.509. The molecule has 1 saturated heterocycles. The highest BCUT2D eigenvalue weighted by Gasteiger charge is 2.45. The predicted molar refractivity (Wildman–Crippen MR) is 115 cm³/mol. The SMILES string of the molecule is C=CC(=O)NCCCOP(=O)(O)PC[C@H]1O[C@@H](n2cnc3c(=O)[nH]c(N)nc32)[C@H](O)[C@@H]1O. The van der Waals surface area contributed by atoms with Crippen LogP contribution in [0.2, 0.25) is 0 Å². The highest BCUT2D eigenvalue weighted by molar-refractivity contribution is 8.19. The zero-order chi connectivity index (χ0) is 23.5. The van der Waals surface area contributed by atoms with Crippen LogP contribution in [0.15, 0.2) is 23.8 Å². The predicted octanol–water partition coefficient (Wildman–Crippen LogP) is -1.19. The van der Waals surface area contributed by atoms with Crippen LogP contribution in [0.1, 0.15) is 12.6 Å². The van der Waals surface area contributed by atoms with Gasteiger partial charge >= 0.3 is 7.28 Å². The molecule has 1 amide bonds. The number of nitrogen functional groups attached to an aromatic ring is 1. The number of rotatable bonds is 10. The number of amides is 1. The Morgan fingerprint density at radius 3 is 2.97 bits per heavy atom. The van der Waals surface area contributed by atoms with Crippen LogP contribution in [0, 0.1) is 0 Å². The van der Waals surface area contributed by atoms with Crippen LogP contribution in [0.25, 0.3) is 11.2 Å². The standard InChI is InChI=1S/C16H24N6O8P2/c1-2-9(23)18-4-3-5-29-32(27,28)31-6-8-11(24)12(25)15(30-8)22-7-19-10-13(22)20-16(17)21-14(10)26/h2,7-8,11-12,15,24-25,31H,1,3-6H2,(H,18,23)(H,27,28)(H3,17,20,21,26)/t8-,11-,12-,15-/m1/s1. The number of aliphatic hydroxyl groups excluding tert-OH is 2. The lowest BCUT2D eigenvalue weighted by atomic mass is 10.1. The number of aromatic nitrogens is 4. The maximum atomic E-state index is 12.2. The minimum absolute atomic E-state index is 0.0210. The second kappa shape index (κ2) is 10.2. The molecule has 1 aliphatic heterocycles. The summed E-state index contributed by atoms with van der Waals surface area (Å²) in [5.41, 5.74) is 5.03. The zero-order valence-corrected chi connectivity index (χ0v) is 18.6. The molecule has 7 N–H and O–H groups in total. The Balaban J connectivity index is 1.58. The van der Waals surface area contributed by atoms with Gasteiger partial charge < -0.3 is 35.4 Å². The van der Waals surface area contributed by atoms with Gasteiger partial charge in [0.25, 0.3) is 5.56 Å². The minimum atomic E-state index is -3.97. The number of anilines is 1. The molecular weight excluding hydrogens is 466 g/mol. The van der Waals surface area contributed by atoms with E-state index in [1.165, 1.54) is 10.9 Å². The summed E-state index contributed by atoms with van der Waals surface area (Å²) in [4.78, 5) is 43.2. The van der Waals surface area contributed by atoms with Crippen LogP contribution in [0.5, 0.6) is 0 Å². The first-order chi connectivity index (χ1) is 15.1. The van der Waals surface area contributed by atoms with Crippen molar-refractivity contribution in [2.24, 2.45) is 0 Å². The van der Waals surface area contributed by atoms with Gasteiger partial charge in [-0.25, -0.2) is 4.98 Å². The van der Waals surface area contributed by atoms with E-state index in [1.54, 1.807) is 0 Å². The normalized spacial score (nSPS) is 25.3. The number of hydrogen-bond acceptors (Lipinski definition) is 10. The van der Waals surface area contributed by atoms with E-state index in [9.17, 15) is 29.3 Å². The number of nitrogens with zero attached hydrogens (tertiary/aromatic N) is 3. The van der Waals surface area contributed by atoms with E-state index >= 15 is 0 Å². The van der Waals surface area contributed by atoms with Gasteiger partial charge in [0.2, 0.25) is 11.9 Å². The quantitative estimate of drug-likeness (QED) is 0.132. The third kappa shape index (κ3) is 5.59. The molecule has 2 unspecified atom stereocenters. The molecule has 0 saturated carbocycles. The van der Waals surface area contributed by atoms with Crippen molar-refractivity contribution >= 4 is 38.6 Å². The van der Waals surface area contributed by atoms with Crippen molar-refractivity contribution in [1.82, 2.24) is 24.8 Å². The average molecular weight is 490 g/mol. The number of H-pyrrole nitrogens is 1. The van der Waals surface area contributed by atoms with Gasteiger partial charge in [-0.2, -0.15) is 4.98 Å². The molecule has 176 valence electrons. The lowest BCUT2D eigenvalue weighted by molar-refractivity contribution is -0.116. The maximum Gasteiger partial charge on any atom is 0.343 e. The molecule has 3 heterocycles. The van der Waals surface area contributed by atoms with Crippen molar-refractivity contribution in [3.05, 3.63) is 29.3 Å². The summed E-state index contributed by atoms with van der Waals surface area (Å²) in [5, 5.41) is 23.3. The molecule has 1 aliphatic rings. The molecule has 3 rings (SSSR count). The lowest BCUT2D eigenvalue weighted by Gasteiger charge is -2.17. The van der Waals surface area contributed by atoms with Crippen molar-refractivity contribution in [2.75, 3.05) is 25.0 Å². The summed E-state index contributed by atoms with van der Waals surface area (Å²) in [6.45, 7) is 3.51. The Morgan fingerprint density at radius 1 is 1.50 bits per heavy atom. The molecule has 1 fully saturated rings. The Hall–Kier alpha value is -2.18. The molecule has 16 heteroatoms. The Morgan fingerprint density at radius 2 is 2.25 bits per heavy atom. The van der Waals surface area contributed by atoms with Gasteiger partial charge in [0.1, 0.15) is 12.2 Å². The van der Waals surface area contributed by atoms with Crippen LogP contribution in [-0.2, 0) is 18.6 Å². The highest BCUT2D eigenvalue weighted by atomic mass is 32.1. The Labute approximate surface area is 183 Å². The fraction of sp³-hybridized carbons (Fsp3) is 0.500. The van der Waals surface area contributed by atoms with E-state index < -0.39 is 45.7 Å². The van der Waals surface area contributed by atoms with Crippen molar-refractivity contribution in [1.29, 1.82) is 0 Å². The van der Waals surface area contributed by atoms with E-state index in [4.69, 9.17) is 15.0 Å². The molecule has 0 bridgehead atoms. The number of carbonyl (C=O) groups is 1. The van der Waals surface area contributed by atoms with Crippen LogP contribution >= 0.6 is 15.6 Å². The third-order valence-corrected chi connectivity index (χ3v) is 8.28. The minimum Gasteiger partial charge on any atom is -0.388 e. The molecule has 0 aliphatic carbocycles. The van der Waals surface area contributed by atoms with Gasteiger partial charge in [0.05, 0.1) is 19.0 Å². The first-order valence-corrected chi connectivity index (χ1v) is 13.1. The zero-order valence-electron chi connectivity index (χ0n) is 16.7. The van der Waals surface area contributed by atoms with Crippen LogP contribution in [-0.4, -0.2) is 78.2 Å². The lowest BCUT2D eigenvalue weighted by Crippen LogP contribution is -2.32. The third-order valence-electron chi connectivity index (χ3n) is 4.63. The summed E-state index contributed by atoms with van der Waals surface area (Å²) in [6.07, 6.45) is -2.27. The van der Waals surface area contributed by atoms with Gasteiger partial charge in [-0.05, 0) is 12.5 Å². The van der Waals surface area contributed by atoms with E-state index in [2.05, 4.69) is 26.8 Å². The number of carbonyl (C=O) groups excluding carboxylic acids is 1. The van der Waals surface area contributed by atoms with Gasteiger partial charge in [0, 0.05) is 21.0 Å². The molecule has 14 nitrogen and oxygen atoms in total. The van der Waals surface area contributed by atoms with Gasteiger partial charge in [-0.1, -0.05) is 6.58 Å². The smallest absolute Gasteiger partial charge is 0.343 e. The molecule has 2 aromatic rings. The molecule has 0 spiro atoms. The highest BCUT2D eigenvalue weighted by Crippen LogP contribution is 2.61. The van der Waals surface area contributed by atoms with Crippen molar-refractivity contribution in [2.45, 2.75) is 31.0 Å². The second-order valence-corrected chi connectivity index (χ2v) is 11.6. The van der Waals surface area contributed by atoms with Gasteiger partial charge in [-0.3, -0.25) is 23.7 Å². The molecule has 2 aromatic heterocycles.